The molecule has 112 valence electrons. The monoisotopic (exact) mass is 287 g/mol. The molecule has 5 N–H and O–H groups in total. The van der Waals surface area contributed by atoms with Crippen molar-refractivity contribution in [1.29, 1.82) is 0 Å². The summed E-state index contributed by atoms with van der Waals surface area (Å²) in [5, 5.41) is 23.1. The van der Waals surface area contributed by atoms with E-state index >= 15 is 0 Å². The first-order chi connectivity index (χ1) is 9.27. The third-order valence-corrected chi connectivity index (χ3v) is 2.84. The minimum absolute atomic E-state index is 0.0549. The summed E-state index contributed by atoms with van der Waals surface area (Å²) in [6, 6.07) is 1.55. The molecule has 1 aromatic heterocycles. The first-order valence-corrected chi connectivity index (χ1v) is 5.82. The number of nitrogen functional groups attached to an aromatic ring is 1. The Hall–Kier alpha value is -2.13. The Bertz CT molecular complexity index is 527. The minimum atomic E-state index is -1.83. The zero-order valence-electron chi connectivity index (χ0n) is 10.9. The van der Waals surface area contributed by atoms with Crippen LogP contribution in [0.4, 0.5) is 10.6 Å². The molecule has 1 fully saturated rings. The van der Waals surface area contributed by atoms with Gasteiger partial charge in [0.15, 0.2) is 0 Å². The predicted octanol–water partition coefficient (Wildman–Crippen LogP) is 0.108. The zero-order valence-corrected chi connectivity index (χ0v) is 10.9. The Morgan fingerprint density at radius 3 is 2.70 bits per heavy atom. The quantitative estimate of drug-likeness (QED) is 0.598. The van der Waals surface area contributed by atoms with Crippen LogP contribution < -0.4 is 11.4 Å². The fraction of sp³-hybridized carbons (Fsp3) is 0.545. The van der Waals surface area contributed by atoms with Gasteiger partial charge in [-0.3, -0.25) is 4.57 Å². The summed E-state index contributed by atoms with van der Waals surface area (Å²) in [5.74, 6) is 0.198. The molecular formula is C11H17N3O6. The van der Waals surface area contributed by atoms with Crippen LogP contribution in [-0.4, -0.2) is 43.2 Å². The molecule has 0 bridgehead atoms. The lowest BCUT2D eigenvalue weighted by Gasteiger charge is -2.22. The first-order valence-electron chi connectivity index (χ1n) is 5.82. The third-order valence-electron chi connectivity index (χ3n) is 2.84. The van der Waals surface area contributed by atoms with E-state index in [1.807, 2.05) is 6.92 Å². The number of nitrogens with two attached hydrogens (primary N) is 1. The minimum Gasteiger partial charge on any atom is -0.450 e. The van der Waals surface area contributed by atoms with Crippen molar-refractivity contribution in [3.63, 3.8) is 0 Å². The Morgan fingerprint density at radius 1 is 1.65 bits per heavy atom. The molecule has 0 aromatic carbocycles. The Morgan fingerprint density at radius 2 is 2.25 bits per heavy atom. The van der Waals surface area contributed by atoms with Crippen LogP contribution >= 0.6 is 0 Å². The van der Waals surface area contributed by atoms with Gasteiger partial charge in [-0.2, -0.15) is 4.98 Å². The highest BCUT2D eigenvalue weighted by Crippen LogP contribution is 2.34. The highest BCUT2D eigenvalue weighted by molar-refractivity contribution is 5.53. The molecule has 0 spiro atoms. The van der Waals surface area contributed by atoms with Crippen LogP contribution in [0.2, 0.25) is 0 Å². The maximum absolute atomic E-state index is 11.6. The van der Waals surface area contributed by atoms with Crippen molar-refractivity contribution >= 4 is 12.0 Å². The standard InChI is InChI=1S/C10H15N3O3.CH2O3/c1-10(6-14)4-2-8(16-10)13-5-3-7(11)12-9(13)15;2-1(3)4/h3,5,8,14H,2,4,6H2,1H3,(H2,11,12,15);(H2,2,3,4)/t8?,10-;/m0./s1. The van der Waals surface area contributed by atoms with Crippen LogP contribution in [0, 0.1) is 0 Å². The third kappa shape index (κ3) is 4.21. The van der Waals surface area contributed by atoms with E-state index in [4.69, 9.17) is 30.6 Å². The summed E-state index contributed by atoms with van der Waals surface area (Å²) in [5.41, 5.74) is 4.41. The number of anilines is 1. The summed E-state index contributed by atoms with van der Waals surface area (Å²) >= 11 is 0. The topological polar surface area (TPSA) is 148 Å². The molecule has 1 aromatic rings. The Labute approximate surface area is 114 Å². The smallest absolute Gasteiger partial charge is 0.450 e. The van der Waals surface area contributed by atoms with E-state index in [2.05, 4.69) is 4.98 Å². The highest BCUT2D eigenvalue weighted by Gasteiger charge is 2.36. The second-order valence-electron chi connectivity index (χ2n) is 4.54. The van der Waals surface area contributed by atoms with Gasteiger partial charge in [0.2, 0.25) is 0 Å². The molecule has 0 amide bonds. The summed E-state index contributed by atoms with van der Waals surface area (Å²) in [7, 11) is 0. The van der Waals surface area contributed by atoms with Gasteiger partial charge in [0.1, 0.15) is 12.0 Å². The summed E-state index contributed by atoms with van der Waals surface area (Å²) < 4.78 is 7.04. The Kier molecular flexibility index (Phi) is 5.06. The average Bonchev–Trinajstić information content (AvgIpc) is 2.72. The normalized spacial score (nSPS) is 24.8. The van der Waals surface area contributed by atoms with Crippen LogP contribution in [0.15, 0.2) is 17.1 Å². The number of carbonyl (C=O) groups is 1. The van der Waals surface area contributed by atoms with Gasteiger partial charge in [-0.05, 0) is 25.8 Å². The van der Waals surface area contributed by atoms with Gasteiger partial charge in [0.05, 0.1) is 12.2 Å². The van der Waals surface area contributed by atoms with E-state index in [-0.39, 0.29) is 18.7 Å². The summed E-state index contributed by atoms with van der Waals surface area (Å²) in [6.45, 7) is 1.77. The van der Waals surface area contributed by atoms with E-state index < -0.39 is 17.4 Å². The molecule has 1 aliphatic rings. The lowest BCUT2D eigenvalue weighted by atomic mass is 10.0. The molecule has 0 aliphatic carbocycles. The van der Waals surface area contributed by atoms with Gasteiger partial charge in [-0.25, -0.2) is 9.59 Å². The number of ether oxygens (including phenoxy) is 1. The number of aromatic nitrogens is 2. The predicted molar refractivity (Wildman–Crippen MR) is 68.4 cm³/mol. The molecule has 2 heterocycles. The van der Waals surface area contributed by atoms with Crippen molar-refractivity contribution in [1.82, 2.24) is 9.55 Å². The van der Waals surface area contributed by atoms with Gasteiger partial charge < -0.3 is 25.8 Å². The van der Waals surface area contributed by atoms with Crippen molar-refractivity contribution < 1.29 is 24.9 Å². The van der Waals surface area contributed by atoms with Gasteiger partial charge in [0, 0.05) is 6.20 Å². The number of hydrogen-bond acceptors (Lipinski definition) is 6. The highest BCUT2D eigenvalue weighted by atomic mass is 16.6. The average molecular weight is 287 g/mol. The zero-order chi connectivity index (χ0) is 15.3. The number of nitrogens with zero attached hydrogens (tertiary/aromatic N) is 2. The van der Waals surface area contributed by atoms with Crippen LogP contribution in [0.5, 0.6) is 0 Å². The molecular weight excluding hydrogens is 270 g/mol. The second kappa shape index (κ2) is 6.35. The van der Waals surface area contributed by atoms with E-state index in [9.17, 15) is 4.79 Å². The first kappa shape index (κ1) is 15.9. The number of rotatable bonds is 2. The van der Waals surface area contributed by atoms with E-state index in [0.717, 1.165) is 0 Å². The molecule has 2 rings (SSSR count). The summed E-state index contributed by atoms with van der Waals surface area (Å²) in [4.78, 5) is 23.7. The van der Waals surface area contributed by atoms with Gasteiger partial charge in [0.25, 0.3) is 0 Å². The van der Waals surface area contributed by atoms with Crippen LogP contribution in [0.3, 0.4) is 0 Å². The van der Waals surface area contributed by atoms with Gasteiger partial charge >= 0.3 is 11.8 Å². The maximum atomic E-state index is 11.6. The summed E-state index contributed by atoms with van der Waals surface area (Å²) in [6.07, 6.45) is 0.768. The van der Waals surface area contributed by atoms with Gasteiger partial charge in [-0.1, -0.05) is 0 Å². The van der Waals surface area contributed by atoms with Crippen molar-refractivity contribution in [3.8, 4) is 0 Å². The van der Waals surface area contributed by atoms with Crippen LogP contribution in [0.25, 0.3) is 0 Å². The van der Waals surface area contributed by atoms with E-state index in [0.29, 0.717) is 12.8 Å². The van der Waals surface area contributed by atoms with Crippen LogP contribution in [0.1, 0.15) is 26.0 Å². The van der Waals surface area contributed by atoms with Crippen molar-refractivity contribution in [2.75, 3.05) is 12.3 Å². The Balaban J connectivity index is 0.000000444. The van der Waals surface area contributed by atoms with E-state index in [1.165, 1.54) is 4.57 Å². The second-order valence-corrected chi connectivity index (χ2v) is 4.54. The molecule has 20 heavy (non-hydrogen) atoms. The SMILES string of the molecule is C[C@@]1(CO)CCC(n2ccc(N)nc2=O)O1.O=C(O)O. The lowest BCUT2D eigenvalue weighted by molar-refractivity contribution is -0.0881. The number of hydrogen-bond donors (Lipinski definition) is 4. The molecule has 1 aliphatic heterocycles. The van der Waals surface area contributed by atoms with Crippen molar-refractivity contribution in [2.45, 2.75) is 31.6 Å². The number of aliphatic hydroxyl groups is 1. The maximum Gasteiger partial charge on any atom is 0.503 e. The number of carboxylic acid groups (broad SMARTS) is 2. The number of aliphatic hydroxyl groups excluding tert-OH is 1. The molecule has 2 atom stereocenters. The fourth-order valence-electron chi connectivity index (χ4n) is 1.83. The lowest BCUT2D eigenvalue weighted by Crippen LogP contribution is -2.32. The molecule has 9 nitrogen and oxygen atoms in total. The molecule has 0 radical (unpaired) electrons. The van der Waals surface area contributed by atoms with E-state index in [1.54, 1.807) is 12.3 Å². The van der Waals surface area contributed by atoms with Crippen molar-refractivity contribution in [2.24, 2.45) is 0 Å². The van der Waals surface area contributed by atoms with Crippen LogP contribution in [-0.2, 0) is 4.74 Å². The fourth-order valence-corrected chi connectivity index (χ4v) is 1.83. The van der Waals surface area contributed by atoms with Gasteiger partial charge in [-0.15, -0.1) is 0 Å². The molecule has 1 unspecified atom stereocenters. The van der Waals surface area contributed by atoms with Crippen molar-refractivity contribution in [3.05, 3.63) is 22.7 Å². The largest absolute Gasteiger partial charge is 0.503 e. The molecule has 0 saturated carbocycles. The molecule has 1 saturated heterocycles. The molecule has 9 heteroatoms.